The van der Waals surface area contributed by atoms with E-state index in [9.17, 15) is 9.59 Å². The standard InChI is InChI=1S/C17H19ClN4O2/c1-12-19-15(11-16(23)20-12)21-6-8-22(9-7-21)17(24)10-13-4-2-3-5-14(13)18/h2-5,11H,6-10H2,1H3,(H,19,20,23). The quantitative estimate of drug-likeness (QED) is 0.917. The molecule has 0 saturated carbocycles. The Labute approximate surface area is 145 Å². The SMILES string of the molecule is Cc1nc(N2CCN(C(=O)Cc3ccccc3Cl)CC2)cc(=O)[nH]1. The number of nitrogens with zero attached hydrogens (tertiary/aromatic N) is 3. The fourth-order valence-electron chi connectivity index (χ4n) is 2.83. The van der Waals surface area contributed by atoms with Gasteiger partial charge in [-0.15, -0.1) is 0 Å². The topological polar surface area (TPSA) is 69.3 Å². The van der Waals surface area contributed by atoms with Gasteiger partial charge in [0, 0.05) is 37.3 Å². The Morgan fingerprint density at radius 2 is 1.96 bits per heavy atom. The normalized spacial score (nSPS) is 14.8. The lowest BCUT2D eigenvalue weighted by atomic mass is 10.1. The molecule has 2 heterocycles. The molecule has 0 bridgehead atoms. The van der Waals surface area contributed by atoms with E-state index in [4.69, 9.17) is 11.6 Å². The molecule has 6 nitrogen and oxygen atoms in total. The van der Waals surface area contributed by atoms with Crippen LogP contribution in [0.4, 0.5) is 5.82 Å². The monoisotopic (exact) mass is 346 g/mol. The highest BCUT2D eigenvalue weighted by Crippen LogP contribution is 2.17. The van der Waals surface area contributed by atoms with E-state index in [-0.39, 0.29) is 11.5 Å². The molecule has 1 aromatic carbocycles. The van der Waals surface area contributed by atoms with Gasteiger partial charge in [-0.05, 0) is 18.6 Å². The number of amides is 1. The van der Waals surface area contributed by atoms with E-state index < -0.39 is 0 Å². The summed E-state index contributed by atoms with van der Waals surface area (Å²) < 4.78 is 0. The van der Waals surface area contributed by atoms with Crippen molar-refractivity contribution in [2.24, 2.45) is 0 Å². The molecule has 1 saturated heterocycles. The largest absolute Gasteiger partial charge is 0.353 e. The van der Waals surface area contributed by atoms with Crippen LogP contribution in [0.15, 0.2) is 35.1 Å². The van der Waals surface area contributed by atoms with Crippen molar-refractivity contribution in [3.8, 4) is 0 Å². The van der Waals surface area contributed by atoms with Crippen LogP contribution in [0, 0.1) is 6.92 Å². The summed E-state index contributed by atoms with van der Waals surface area (Å²) >= 11 is 6.12. The van der Waals surface area contributed by atoms with Gasteiger partial charge < -0.3 is 14.8 Å². The minimum absolute atomic E-state index is 0.0674. The van der Waals surface area contributed by atoms with Crippen molar-refractivity contribution in [2.75, 3.05) is 31.1 Å². The predicted octanol–water partition coefficient (Wildman–Crippen LogP) is 1.62. The minimum atomic E-state index is -0.158. The number of nitrogens with one attached hydrogen (secondary N) is 1. The second-order valence-corrected chi connectivity index (χ2v) is 6.23. The van der Waals surface area contributed by atoms with Crippen molar-refractivity contribution in [1.82, 2.24) is 14.9 Å². The first-order chi connectivity index (χ1) is 11.5. The summed E-state index contributed by atoms with van der Waals surface area (Å²) in [7, 11) is 0. The number of piperazine rings is 1. The van der Waals surface area contributed by atoms with Gasteiger partial charge in [-0.25, -0.2) is 4.98 Å². The summed E-state index contributed by atoms with van der Waals surface area (Å²) in [6.45, 7) is 4.29. The van der Waals surface area contributed by atoms with Gasteiger partial charge in [0.25, 0.3) is 5.56 Å². The van der Waals surface area contributed by atoms with Crippen LogP contribution in [-0.2, 0) is 11.2 Å². The second kappa shape index (κ2) is 7.05. The zero-order valence-electron chi connectivity index (χ0n) is 13.5. The fourth-order valence-corrected chi connectivity index (χ4v) is 3.03. The van der Waals surface area contributed by atoms with Gasteiger partial charge in [0.15, 0.2) is 0 Å². The van der Waals surface area contributed by atoms with E-state index in [0.717, 1.165) is 5.56 Å². The number of H-pyrrole nitrogens is 1. The molecule has 3 rings (SSSR count). The molecule has 1 aliphatic rings. The third-order valence-corrected chi connectivity index (χ3v) is 4.47. The lowest BCUT2D eigenvalue weighted by molar-refractivity contribution is -0.130. The number of aryl methyl sites for hydroxylation is 1. The summed E-state index contributed by atoms with van der Waals surface area (Å²) in [5.74, 6) is 1.32. The van der Waals surface area contributed by atoms with Crippen molar-refractivity contribution in [1.29, 1.82) is 0 Å². The second-order valence-electron chi connectivity index (χ2n) is 5.83. The number of halogens is 1. The van der Waals surface area contributed by atoms with Gasteiger partial charge >= 0.3 is 0 Å². The number of aromatic nitrogens is 2. The molecule has 1 amide bonds. The molecular formula is C17H19ClN4O2. The van der Waals surface area contributed by atoms with Crippen LogP contribution in [0.1, 0.15) is 11.4 Å². The van der Waals surface area contributed by atoms with Crippen molar-refractivity contribution >= 4 is 23.3 Å². The first kappa shape index (κ1) is 16.5. The average molecular weight is 347 g/mol. The van der Waals surface area contributed by atoms with Gasteiger partial charge in [-0.3, -0.25) is 9.59 Å². The molecule has 1 fully saturated rings. The molecule has 1 aromatic heterocycles. The lowest BCUT2D eigenvalue weighted by Crippen LogP contribution is -2.49. The first-order valence-corrected chi connectivity index (χ1v) is 8.25. The Morgan fingerprint density at radius 1 is 1.25 bits per heavy atom. The van der Waals surface area contributed by atoms with Crippen LogP contribution >= 0.6 is 11.6 Å². The highest BCUT2D eigenvalue weighted by Gasteiger charge is 2.22. The van der Waals surface area contributed by atoms with E-state index >= 15 is 0 Å². The predicted molar refractivity (Wildman–Crippen MR) is 93.5 cm³/mol. The number of rotatable bonds is 3. The smallest absolute Gasteiger partial charge is 0.252 e. The van der Waals surface area contributed by atoms with Gasteiger partial charge in [0.1, 0.15) is 11.6 Å². The molecule has 1 aliphatic heterocycles. The summed E-state index contributed by atoms with van der Waals surface area (Å²) in [6.07, 6.45) is 0.308. The Hall–Kier alpha value is -2.34. The van der Waals surface area contributed by atoms with E-state index in [1.807, 2.05) is 28.0 Å². The highest BCUT2D eigenvalue weighted by molar-refractivity contribution is 6.31. The number of aromatic amines is 1. The third-order valence-electron chi connectivity index (χ3n) is 4.10. The molecule has 0 spiro atoms. The van der Waals surface area contributed by atoms with Crippen LogP contribution < -0.4 is 10.5 Å². The summed E-state index contributed by atoms with van der Waals surface area (Å²) in [5, 5.41) is 0.618. The Bertz CT molecular complexity index is 797. The maximum Gasteiger partial charge on any atom is 0.252 e. The van der Waals surface area contributed by atoms with Gasteiger partial charge in [-0.2, -0.15) is 0 Å². The summed E-state index contributed by atoms with van der Waals surface area (Å²) in [4.78, 5) is 34.9. The molecule has 1 N–H and O–H groups in total. The number of carbonyl (C=O) groups excluding carboxylic acids is 1. The van der Waals surface area contributed by atoms with E-state index in [1.54, 1.807) is 13.0 Å². The van der Waals surface area contributed by atoms with E-state index in [0.29, 0.717) is 49.3 Å². The van der Waals surface area contributed by atoms with E-state index in [2.05, 4.69) is 9.97 Å². The van der Waals surface area contributed by atoms with Gasteiger partial charge in [0.05, 0.1) is 6.42 Å². The van der Waals surface area contributed by atoms with Gasteiger partial charge in [-0.1, -0.05) is 29.8 Å². The number of benzene rings is 1. The molecule has 0 aliphatic carbocycles. The maximum absolute atomic E-state index is 12.4. The van der Waals surface area contributed by atoms with Crippen LogP contribution in [0.3, 0.4) is 0 Å². The lowest BCUT2D eigenvalue weighted by Gasteiger charge is -2.35. The zero-order chi connectivity index (χ0) is 17.1. The Balaban J connectivity index is 1.61. The number of anilines is 1. The Kier molecular flexibility index (Phi) is 4.85. The third kappa shape index (κ3) is 3.76. The number of carbonyl (C=O) groups is 1. The van der Waals surface area contributed by atoms with Crippen molar-refractivity contribution in [3.05, 3.63) is 57.1 Å². The minimum Gasteiger partial charge on any atom is -0.353 e. The number of hydrogen-bond donors (Lipinski definition) is 1. The van der Waals surface area contributed by atoms with E-state index in [1.165, 1.54) is 6.07 Å². The van der Waals surface area contributed by atoms with Crippen molar-refractivity contribution in [3.63, 3.8) is 0 Å². The average Bonchev–Trinajstić information content (AvgIpc) is 2.56. The molecule has 0 radical (unpaired) electrons. The maximum atomic E-state index is 12.4. The first-order valence-electron chi connectivity index (χ1n) is 7.87. The zero-order valence-corrected chi connectivity index (χ0v) is 14.2. The number of hydrogen-bond acceptors (Lipinski definition) is 4. The van der Waals surface area contributed by atoms with Gasteiger partial charge in [0.2, 0.25) is 5.91 Å². The fraction of sp³-hybridized carbons (Fsp3) is 0.353. The van der Waals surface area contributed by atoms with Crippen LogP contribution in [0.25, 0.3) is 0 Å². The van der Waals surface area contributed by atoms with Crippen molar-refractivity contribution in [2.45, 2.75) is 13.3 Å². The molecule has 126 valence electrons. The summed E-state index contributed by atoms with van der Waals surface area (Å²) in [6, 6.07) is 8.90. The van der Waals surface area contributed by atoms with Crippen LogP contribution in [0.5, 0.6) is 0 Å². The highest BCUT2D eigenvalue weighted by atomic mass is 35.5. The van der Waals surface area contributed by atoms with Crippen molar-refractivity contribution < 1.29 is 4.79 Å². The molecule has 24 heavy (non-hydrogen) atoms. The molecular weight excluding hydrogens is 328 g/mol. The molecule has 7 heteroatoms. The Morgan fingerprint density at radius 3 is 2.62 bits per heavy atom. The van der Waals surface area contributed by atoms with Crippen LogP contribution in [0.2, 0.25) is 5.02 Å². The molecule has 0 atom stereocenters. The summed E-state index contributed by atoms with van der Waals surface area (Å²) in [5.41, 5.74) is 0.688. The van der Waals surface area contributed by atoms with Crippen LogP contribution in [-0.4, -0.2) is 47.0 Å². The molecule has 0 unspecified atom stereocenters. The molecule has 2 aromatic rings.